The van der Waals surface area contributed by atoms with Gasteiger partial charge < -0.3 is 10.4 Å². The molecule has 0 saturated carbocycles. The van der Waals surface area contributed by atoms with Crippen molar-refractivity contribution >= 4 is 15.9 Å². The van der Waals surface area contributed by atoms with Crippen LogP contribution in [0, 0.1) is 5.82 Å². The minimum absolute atomic E-state index is 0.191. The third-order valence-electron chi connectivity index (χ3n) is 3.13. The Kier molecular flexibility index (Phi) is 5.23. The van der Waals surface area contributed by atoms with E-state index in [0.29, 0.717) is 12.1 Å². The highest BCUT2D eigenvalue weighted by molar-refractivity contribution is 9.10. The molecule has 0 bridgehead atoms. The van der Waals surface area contributed by atoms with Crippen LogP contribution in [0.1, 0.15) is 30.2 Å². The second-order valence-corrected chi connectivity index (χ2v) is 5.51. The van der Waals surface area contributed by atoms with Gasteiger partial charge in [0.25, 0.3) is 0 Å². The highest BCUT2D eigenvalue weighted by atomic mass is 79.9. The molecule has 5 heteroatoms. The van der Waals surface area contributed by atoms with Crippen LogP contribution in [-0.2, 0) is 0 Å². The number of hydrogen-bond donors (Lipinski definition) is 2. The lowest BCUT2D eigenvalue weighted by Gasteiger charge is -2.18. The Labute approximate surface area is 126 Å². The molecular formula is C15H16BrFN2O. The van der Waals surface area contributed by atoms with Crippen LogP contribution in [0.25, 0.3) is 0 Å². The zero-order valence-corrected chi connectivity index (χ0v) is 12.6. The van der Waals surface area contributed by atoms with Gasteiger partial charge in [-0.05, 0) is 42.8 Å². The first-order valence-corrected chi connectivity index (χ1v) is 7.13. The van der Waals surface area contributed by atoms with E-state index >= 15 is 0 Å². The number of nitrogens with zero attached hydrogens (tertiary/aromatic N) is 1. The number of nitrogens with one attached hydrogen (secondary N) is 1. The van der Waals surface area contributed by atoms with Gasteiger partial charge in [-0.15, -0.1) is 0 Å². The number of pyridine rings is 1. The molecule has 0 aliphatic heterocycles. The third kappa shape index (κ3) is 3.85. The molecule has 106 valence electrons. The Balaban J connectivity index is 1.98. The molecule has 0 amide bonds. The van der Waals surface area contributed by atoms with Crippen LogP contribution in [-0.4, -0.2) is 16.6 Å². The lowest BCUT2D eigenvalue weighted by Crippen LogP contribution is -2.25. The lowest BCUT2D eigenvalue weighted by molar-refractivity contribution is 0.170. The molecule has 1 heterocycles. The van der Waals surface area contributed by atoms with Crippen LogP contribution in [0.3, 0.4) is 0 Å². The Morgan fingerprint density at radius 1 is 1.30 bits per heavy atom. The average molecular weight is 339 g/mol. The van der Waals surface area contributed by atoms with Gasteiger partial charge in [-0.1, -0.05) is 15.9 Å². The summed E-state index contributed by atoms with van der Waals surface area (Å²) < 4.78 is 14.6. The fraction of sp³-hybridized carbons (Fsp3) is 0.267. The summed E-state index contributed by atoms with van der Waals surface area (Å²) in [5, 5.41) is 13.2. The summed E-state index contributed by atoms with van der Waals surface area (Å²) in [5.41, 5.74) is 1.36. The molecule has 0 aliphatic rings. The Morgan fingerprint density at radius 2 is 2.00 bits per heavy atom. The normalized spacial score (nSPS) is 14.0. The minimum atomic E-state index is -0.643. The fourth-order valence-corrected chi connectivity index (χ4v) is 2.33. The number of benzene rings is 1. The predicted molar refractivity (Wildman–Crippen MR) is 79.7 cm³/mol. The van der Waals surface area contributed by atoms with Crippen LogP contribution in [0.15, 0.2) is 47.2 Å². The summed E-state index contributed by atoms with van der Waals surface area (Å²) in [6.45, 7) is 2.21. The van der Waals surface area contributed by atoms with Crippen molar-refractivity contribution < 1.29 is 9.50 Å². The maximum absolute atomic E-state index is 13.7. The van der Waals surface area contributed by atoms with Gasteiger partial charge >= 0.3 is 0 Å². The first kappa shape index (κ1) is 15.1. The maximum Gasteiger partial charge on any atom is 0.128 e. The van der Waals surface area contributed by atoms with Gasteiger partial charge in [0.1, 0.15) is 5.82 Å². The summed E-state index contributed by atoms with van der Waals surface area (Å²) in [4.78, 5) is 3.91. The Bertz CT molecular complexity index is 565. The number of aromatic nitrogens is 1. The smallest absolute Gasteiger partial charge is 0.128 e. The summed E-state index contributed by atoms with van der Waals surface area (Å²) >= 11 is 3.33. The number of halogens is 2. The quantitative estimate of drug-likeness (QED) is 0.878. The van der Waals surface area contributed by atoms with Crippen LogP contribution in [0.2, 0.25) is 0 Å². The molecule has 20 heavy (non-hydrogen) atoms. The summed E-state index contributed by atoms with van der Waals surface area (Å²) in [7, 11) is 0. The van der Waals surface area contributed by atoms with Crippen LogP contribution in [0.4, 0.5) is 4.39 Å². The van der Waals surface area contributed by atoms with Gasteiger partial charge in [0, 0.05) is 35.0 Å². The number of aliphatic hydroxyl groups excluding tert-OH is 1. The second-order valence-electron chi connectivity index (χ2n) is 4.59. The monoisotopic (exact) mass is 338 g/mol. The van der Waals surface area contributed by atoms with Gasteiger partial charge in [-0.2, -0.15) is 0 Å². The van der Waals surface area contributed by atoms with Gasteiger partial charge in [0.2, 0.25) is 0 Å². The predicted octanol–water partition coefficient (Wildman–Crippen LogP) is 3.37. The van der Waals surface area contributed by atoms with Gasteiger partial charge in [-0.3, -0.25) is 4.98 Å². The zero-order chi connectivity index (χ0) is 14.5. The van der Waals surface area contributed by atoms with Crippen molar-refractivity contribution in [3.8, 4) is 0 Å². The molecular weight excluding hydrogens is 323 g/mol. The fourth-order valence-electron chi connectivity index (χ4n) is 1.95. The Morgan fingerprint density at radius 3 is 2.70 bits per heavy atom. The largest absolute Gasteiger partial charge is 0.387 e. The second kappa shape index (κ2) is 6.92. The molecule has 0 aliphatic carbocycles. The molecule has 2 atom stereocenters. The van der Waals surface area contributed by atoms with Crippen molar-refractivity contribution in [2.45, 2.75) is 19.1 Å². The van der Waals surface area contributed by atoms with Crippen molar-refractivity contribution in [2.24, 2.45) is 0 Å². The summed E-state index contributed by atoms with van der Waals surface area (Å²) in [6, 6.07) is 8.16. The lowest BCUT2D eigenvalue weighted by atomic mass is 10.1. The highest BCUT2D eigenvalue weighted by Gasteiger charge is 2.13. The van der Waals surface area contributed by atoms with Gasteiger partial charge in [0.15, 0.2) is 0 Å². The first-order valence-electron chi connectivity index (χ1n) is 6.34. The number of aliphatic hydroxyl groups is 1. The molecule has 0 saturated heterocycles. The molecule has 0 radical (unpaired) electrons. The molecule has 2 unspecified atom stereocenters. The van der Waals surface area contributed by atoms with E-state index in [1.807, 2.05) is 6.92 Å². The topological polar surface area (TPSA) is 45.1 Å². The molecule has 0 spiro atoms. The van der Waals surface area contributed by atoms with E-state index in [2.05, 4.69) is 26.2 Å². The maximum atomic E-state index is 13.7. The van der Waals surface area contributed by atoms with E-state index in [9.17, 15) is 9.50 Å². The standard InChI is InChI=1S/C15H16BrFN2O/c1-10(13-8-12(16)2-3-14(13)17)19-9-15(20)11-4-6-18-7-5-11/h2-8,10,15,19-20H,9H2,1H3. The van der Waals surface area contributed by atoms with E-state index in [1.165, 1.54) is 6.07 Å². The van der Waals surface area contributed by atoms with E-state index in [1.54, 1.807) is 36.7 Å². The van der Waals surface area contributed by atoms with Gasteiger partial charge in [0.05, 0.1) is 6.10 Å². The average Bonchev–Trinajstić information content (AvgIpc) is 2.47. The van der Waals surface area contributed by atoms with Crippen molar-refractivity contribution in [3.63, 3.8) is 0 Å². The summed E-state index contributed by atoms with van der Waals surface area (Å²) in [6.07, 6.45) is 2.63. The van der Waals surface area contributed by atoms with Crippen molar-refractivity contribution in [2.75, 3.05) is 6.54 Å². The van der Waals surface area contributed by atoms with Crippen molar-refractivity contribution in [3.05, 3.63) is 64.1 Å². The van der Waals surface area contributed by atoms with E-state index in [0.717, 1.165) is 10.0 Å². The third-order valence-corrected chi connectivity index (χ3v) is 3.63. The van der Waals surface area contributed by atoms with E-state index in [4.69, 9.17) is 0 Å². The van der Waals surface area contributed by atoms with Crippen LogP contribution < -0.4 is 5.32 Å². The molecule has 3 nitrogen and oxygen atoms in total. The molecule has 0 fully saturated rings. The zero-order valence-electron chi connectivity index (χ0n) is 11.1. The van der Waals surface area contributed by atoms with Crippen LogP contribution >= 0.6 is 15.9 Å². The first-order chi connectivity index (χ1) is 9.58. The molecule has 1 aromatic heterocycles. The molecule has 1 aromatic carbocycles. The van der Waals surface area contributed by atoms with Crippen LogP contribution in [0.5, 0.6) is 0 Å². The Hall–Kier alpha value is -1.30. The SMILES string of the molecule is CC(NCC(O)c1ccncc1)c1cc(Br)ccc1F. The summed E-state index contributed by atoms with van der Waals surface area (Å²) in [5.74, 6) is -0.258. The van der Waals surface area contributed by atoms with Crippen molar-refractivity contribution in [1.29, 1.82) is 0 Å². The number of rotatable bonds is 5. The van der Waals surface area contributed by atoms with E-state index in [-0.39, 0.29) is 11.9 Å². The van der Waals surface area contributed by atoms with Crippen molar-refractivity contribution in [1.82, 2.24) is 10.3 Å². The minimum Gasteiger partial charge on any atom is -0.387 e. The molecule has 2 aromatic rings. The molecule has 2 rings (SSSR count). The highest BCUT2D eigenvalue weighted by Crippen LogP contribution is 2.22. The molecule has 2 N–H and O–H groups in total. The number of hydrogen-bond acceptors (Lipinski definition) is 3. The van der Waals surface area contributed by atoms with E-state index < -0.39 is 6.10 Å². The van der Waals surface area contributed by atoms with Gasteiger partial charge in [-0.25, -0.2) is 4.39 Å².